The lowest BCUT2D eigenvalue weighted by Gasteiger charge is -2.04. The molecule has 19 heavy (non-hydrogen) atoms. The van der Waals surface area contributed by atoms with Crippen LogP contribution in [0.5, 0.6) is 0 Å². The average molecular weight is 282 g/mol. The highest BCUT2D eigenvalue weighted by molar-refractivity contribution is 6.31. The van der Waals surface area contributed by atoms with Gasteiger partial charge in [0.15, 0.2) is 0 Å². The van der Waals surface area contributed by atoms with Gasteiger partial charge in [-0.15, -0.1) is 0 Å². The van der Waals surface area contributed by atoms with Gasteiger partial charge in [0.05, 0.1) is 11.5 Å². The van der Waals surface area contributed by atoms with Crippen molar-refractivity contribution in [1.82, 2.24) is 9.13 Å². The van der Waals surface area contributed by atoms with Crippen molar-refractivity contribution < 1.29 is 4.92 Å². The van der Waals surface area contributed by atoms with Crippen LogP contribution in [-0.4, -0.2) is 14.1 Å². The van der Waals surface area contributed by atoms with Gasteiger partial charge in [-0.3, -0.25) is 19.2 Å². The summed E-state index contributed by atoms with van der Waals surface area (Å²) in [5, 5.41) is 11.1. The molecule has 0 bridgehead atoms. The molecule has 0 aliphatic heterocycles. The minimum Gasteiger partial charge on any atom is -0.300 e. The molecule has 1 aromatic heterocycles. The van der Waals surface area contributed by atoms with E-state index in [1.165, 1.54) is 22.8 Å². The van der Waals surface area contributed by atoms with Crippen LogP contribution in [0.4, 0.5) is 5.69 Å². The maximum atomic E-state index is 11.9. The van der Waals surface area contributed by atoms with Gasteiger partial charge in [-0.2, -0.15) is 0 Å². The number of nitro benzene ring substituents is 1. The molecule has 0 spiro atoms. The van der Waals surface area contributed by atoms with Gasteiger partial charge in [0.25, 0.3) is 5.69 Å². The molecule has 7 heteroatoms. The Kier molecular flexibility index (Phi) is 3.71. The molecule has 1 heterocycles. The maximum absolute atomic E-state index is 11.9. The molecule has 0 unspecified atom stereocenters. The molecule has 2 rings (SSSR count). The summed E-state index contributed by atoms with van der Waals surface area (Å²) in [7, 11) is 0. The number of aromatic nitrogens is 2. The number of halogens is 1. The lowest BCUT2D eigenvalue weighted by molar-refractivity contribution is -0.384. The third-order valence-electron chi connectivity index (χ3n) is 2.84. The Labute approximate surface area is 114 Å². The van der Waals surface area contributed by atoms with E-state index < -0.39 is 4.92 Å². The van der Waals surface area contributed by atoms with Crippen molar-refractivity contribution in [1.29, 1.82) is 0 Å². The number of non-ortho nitro benzene ring substituents is 1. The molecule has 0 atom stereocenters. The smallest absolute Gasteiger partial charge is 0.300 e. The van der Waals surface area contributed by atoms with Crippen molar-refractivity contribution in [2.75, 3.05) is 0 Å². The fraction of sp³-hybridized carbons (Fsp3) is 0.250. The van der Waals surface area contributed by atoms with Crippen LogP contribution in [0.25, 0.3) is 0 Å². The topological polar surface area (TPSA) is 70.1 Å². The van der Waals surface area contributed by atoms with E-state index in [0.717, 1.165) is 0 Å². The molecule has 100 valence electrons. The number of nitro groups is 1. The zero-order valence-corrected chi connectivity index (χ0v) is 11.0. The summed E-state index contributed by atoms with van der Waals surface area (Å²) >= 11 is 6.00. The molecular weight excluding hydrogens is 270 g/mol. The quantitative estimate of drug-likeness (QED) is 0.638. The minimum atomic E-state index is -0.486. The summed E-state index contributed by atoms with van der Waals surface area (Å²) in [6.45, 7) is 2.66. The predicted molar refractivity (Wildman–Crippen MR) is 71.6 cm³/mol. The highest BCUT2D eigenvalue weighted by atomic mass is 35.5. The Morgan fingerprint density at radius 2 is 2.00 bits per heavy atom. The van der Waals surface area contributed by atoms with E-state index in [2.05, 4.69) is 0 Å². The molecule has 0 fully saturated rings. The molecule has 2 aromatic rings. The highest BCUT2D eigenvalue weighted by Crippen LogP contribution is 2.22. The second-order valence-corrected chi connectivity index (χ2v) is 4.43. The van der Waals surface area contributed by atoms with Crippen molar-refractivity contribution in [3.8, 4) is 0 Å². The Bertz CT molecular complexity index is 675. The van der Waals surface area contributed by atoms with E-state index in [1.807, 2.05) is 6.92 Å². The van der Waals surface area contributed by atoms with Gasteiger partial charge < -0.3 is 0 Å². The molecule has 0 aliphatic rings. The summed E-state index contributed by atoms with van der Waals surface area (Å²) in [5.41, 5.74) is 0.347. The lowest BCUT2D eigenvalue weighted by Crippen LogP contribution is -2.23. The SMILES string of the molecule is CCn1ccn(Cc2cc([N+](=O)[O-])ccc2Cl)c1=O. The first-order valence-electron chi connectivity index (χ1n) is 5.71. The van der Waals surface area contributed by atoms with Crippen LogP contribution in [0.15, 0.2) is 35.4 Å². The number of hydrogen-bond donors (Lipinski definition) is 0. The Balaban J connectivity index is 2.37. The Hall–Kier alpha value is -2.08. The maximum Gasteiger partial charge on any atom is 0.328 e. The van der Waals surface area contributed by atoms with Crippen molar-refractivity contribution >= 4 is 17.3 Å². The van der Waals surface area contributed by atoms with E-state index in [-0.39, 0.29) is 17.9 Å². The standard InChI is InChI=1S/C12H12ClN3O3/c1-2-14-5-6-15(12(14)17)8-9-7-10(16(18)19)3-4-11(9)13/h3-7H,2,8H2,1H3. The van der Waals surface area contributed by atoms with Gasteiger partial charge in [-0.1, -0.05) is 11.6 Å². The van der Waals surface area contributed by atoms with Gasteiger partial charge in [-0.05, 0) is 18.6 Å². The third kappa shape index (κ3) is 2.68. The van der Waals surface area contributed by atoms with Gasteiger partial charge in [0.1, 0.15) is 0 Å². The second kappa shape index (κ2) is 5.27. The van der Waals surface area contributed by atoms with E-state index in [4.69, 9.17) is 11.6 Å². The number of imidazole rings is 1. The number of hydrogen-bond acceptors (Lipinski definition) is 3. The Morgan fingerprint density at radius 3 is 2.58 bits per heavy atom. The van der Waals surface area contributed by atoms with Gasteiger partial charge >= 0.3 is 5.69 Å². The minimum absolute atomic E-state index is 0.0395. The highest BCUT2D eigenvalue weighted by Gasteiger charge is 2.11. The number of aryl methyl sites for hydroxylation is 1. The van der Waals surface area contributed by atoms with Crippen LogP contribution in [-0.2, 0) is 13.1 Å². The summed E-state index contributed by atoms with van der Waals surface area (Å²) in [6.07, 6.45) is 3.31. The van der Waals surface area contributed by atoms with Gasteiger partial charge in [0.2, 0.25) is 0 Å². The van der Waals surface area contributed by atoms with Gasteiger partial charge in [0, 0.05) is 36.1 Å². The van der Waals surface area contributed by atoms with Crippen LogP contribution in [0.3, 0.4) is 0 Å². The molecule has 0 N–H and O–H groups in total. The van der Waals surface area contributed by atoms with Crippen LogP contribution in [0.1, 0.15) is 12.5 Å². The molecule has 6 nitrogen and oxygen atoms in total. The first-order chi connectivity index (χ1) is 9.02. The second-order valence-electron chi connectivity index (χ2n) is 4.03. The molecule has 1 aromatic carbocycles. The zero-order chi connectivity index (χ0) is 14.0. The summed E-state index contributed by atoms with van der Waals surface area (Å²) < 4.78 is 3.01. The Morgan fingerprint density at radius 1 is 1.32 bits per heavy atom. The predicted octanol–water partition coefficient (Wildman–Crippen LogP) is 2.28. The fourth-order valence-corrected chi connectivity index (χ4v) is 1.97. The monoisotopic (exact) mass is 281 g/mol. The fourth-order valence-electron chi connectivity index (χ4n) is 1.79. The lowest BCUT2D eigenvalue weighted by atomic mass is 10.2. The van der Waals surface area contributed by atoms with Crippen molar-refractivity contribution in [3.63, 3.8) is 0 Å². The molecule has 0 radical (unpaired) electrons. The molecule has 0 saturated carbocycles. The normalized spacial score (nSPS) is 10.6. The van der Waals surface area contributed by atoms with Crippen LogP contribution in [0.2, 0.25) is 5.02 Å². The molecular formula is C12H12ClN3O3. The molecule has 0 aliphatic carbocycles. The summed E-state index contributed by atoms with van der Waals surface area (Å²) in [6, 6.07) is 4.20. The number of nitrogens with zero attached hydrogens (tertiary/aromatic N) is 3. The summed E-state index contributed by atoms with van der Waals surface area (Å²) in [5.74, 6) is 0. The number of rotatable bonds is 4. The van der Waals surface area contributed by atoms with Crippen LogP contribution < -0.4 is 5.69 Å². The zero-order valence-electron chi connectivity index (χ0n) is 10.2. The summed E-state index contributed by atoms with van der Waals surface area (Å²) in [4.78, 5) is 22.1. The van der Waals surface area contributed by atoms with Crippen molar-refractivity contribution in [3.05, 3.63) is 61.8 Å². The van der Waals surface area contributed by atoms with Crippen molar-refractivity contribution in [2.24, 2.45) is 0 Å². The first-order valence-corrected chi connectivity index (χ1v) is 6.09. The van der Waals surface area contributed by atoms with Crippen molar-refractivity contribution in [2.45, 2.75) is 20.0 Å². The van der Waals surface area contributed by atoms with Gasteiger partial charge in [-0.25, -0.2) is 4.79 Å². The van der Waals surface area contributed by atoms with Crippen LogP contribution >= 0.6 is 11.6 Å². The molecule has 0 amide bonds. The largest absolute Gasteiger partial charge is 0.328 e. The molecule has 0 saturated heterocycles. The number of benzene rings is 1. The van der Waals surface area contributed by atoms with Crippen LogP contribution in [0, 0.1) is 10.1 Å². The third-order valence-corrected chi connectivity index (χ3v) is 3.21. The van der Waals surface area contributed by atoms with E-state index in [9.17, 15) is 14.9 Å². The van der Waals surface area contributed by atoms with E-state index in [1.54, 1.807) is 17.0 Å². The van der Waals surface area contributed by atoms with E-state index >= 15 is 0 Å². The first kappa shape index (κ1) is 13.4. The average Bonchev–Trinajstić information content (AvgIpc) is 2.73. The van der Waals surface area contributed by atoms with E-state index in [0.29, 0.717) is 17.1 Å².